The van der Waals surface area contributed by atoms with E-state index in [-0.39, 0.29) is 10.6 Å². The van der Waals surface area contributed by atoms with Crippen LogP contribution in [0.2, 0.25) is 0 Å². The van der Waals surface area contributed by atoms with Crippen molar-refractivity contribution in [2.24, 2.45) is 0 Å². The molecule has 1 heterocycles. The van der Waals surface area contributed by atoms with Crippen molar-refractivity contribution < 1.29 is 9.66 Å². The van der Waals surface area contributed by atoms with Crippen LogP contribution in [0.3, 0.4) is 0 Å². The number of fused-ring (bicyclic) bond motifs is 2. The molecule has 0 saturated carbocycles. The van der Waals surface area contributed by atoms with E-state index in [9.17, 15) is 10.1 Å². The van der Waals surface area contributed by atoms with Gasteiger partial charge in [0.1, 0.15) is 10.8 Å². The lowest BCUT2D eigenvalue weighted by molar-refractivity contribution is -0.384. The molecule has 4 aromatic carbocycles. The lowest BCUT2D eigenvalue weighted by Gasteiger charge is -2.11. The molecule has 152 valence electrons. The second-order valence-corrected chi connectivity index (χ2v) is 8.10. The van der Waals surface area contributed by atoms with E-state index >= 15 is 0 Å². The van der Waals surface area contributed by atoms with E-state index in [1.54, 1.807) is 12.1 Å². The number of hydrogen-bond acceptors (Lipinski definition) is 5. The van der Waals surface area contributed by atoms with Gasteiger partial charge in [0.05, 0.1) is 27.3 Å². The normalized spacial score (nSPS) is 11.1. The molecule has 1 aromatic heterocycles. The predicted molar refractivity (Wildman–Crippen MR) is 126 cm³/mol. The van der Waals surface area contributed by atoms with Gasteiger partial charge in [0, 0.05) is 11.6 Å². The Morgan fingerprint density at radius 1 is 0.968 bits per heavy atom. The fourth-order valence-corrected chi connectivity index (χ4v) is 4.90. The van der Waals surface area contributed by atoms with E-state index in [0.717, 1.165) is 42.9 Å². The molecule has 0 fully saturated rings. The Morgan fingerprint density at radius 2 is 1.74 bits per heavy atom. The van der Waals surface area contributed by atoms with Crippen molar-refractivity contribution in [3.8, 4) is 27.4 Å². The van der Waals surface area contributed by atoms with Gasteiger partial charge in [-0.05, 0) is 41.5 Å². The molecule has 0 aliphatic heterocycles. The second-order valence-electron chi connectivity index (χ2n) is 7.07. The van der Waals surface area contributed by atoms with Crippen molar-refractivity contribution in [1.29, 1.82) is 0 Å². The molecular weight excluding hydrogens is 408 g/mol. The first-order valence-corrected chi connectivity index (χ1v) is 10.8. The molecule has 0 unspecified atom stereocenters. The lowest BCUT2D eigenvalue weighted by Crippen LogP contribution is -1.95. The van der Waals surface area contributed by atoms with Crippen molar-refractivity contribution in [3.05, 3.63) is 89.0 Å². The summed E-state index contributed by atoms with van der Waals surface area (Å²) in [4.78, 5) is 16.4. The van der Waals surface area contributed by atoms with Gasteiger partial charge in [0.15, 0.2) is 0 Å². The van der Waals surface area contributed by atoms with Crippen molar-refractivity contribution in [1.82, 2.24) is 4.98 Å². The number of nitro groups is 1. The standard InChI is InChI=1S/C25H18N2O3S/c1-2-30-17-13-14-21-23(15-17)31-25(26-21)20-11-6-12-22(27(28)29)24(20)19-10-5-8-16-7-3-4-9-18(16)19/h3-15H,2H2,1H3. The summed E-state index contributed by atoms with van der Waals surface area (Å²) in [5.74, 6) is 0.790. The highest BCUT2D eigenvalue weighted by Gasteiger charge is 2.23. The van der Waals surface area contributed by atoms with Gasteiger partial charge in [-0.15, -0.1) is 11.3 Å². The quantitative estimate of drug-likeness (QED) is 0.222. The molecule has 5 rings (SSSR count). The Labute approximate surface area is 182 Å². The first kappa shape index (κ1) is 19.2. The number of hydrogen-bond donors (Lipinski definition) is 0. The van der Waals surface area contributed by atoms with Crippen LogP contribution < -0.4 is 4.74 Å². The van der Waals surface area contributed by atoms with Gasteiger partial charge in [0.25, 0.3) is 5.69 Å². The molecule has 0 spiro atoms. The Bertz CT molecular complexity index is 1440. The minimum atomic E-state index is -0.318. The van der Waals surface area contributed by atoms with E-state index < -0.39 is 0 Å². The number of nitrogens with zero attached hydrogens (tertiary/aromatic N) is 2. The smallest absolute Gasteiger partial charge is 0.277 e. The van der Waals surface area contributed by atoms with E-state index in [0.29, 0.717) is 12.2 Å². The SMILES string of the molecule is CCOc1ccc2nc(-c3cccc([N+](=O)[O-])c3-c3cccc4ccccc34)sc2c1. The molecule has 0 aliphatic carbocycles. The number of benzene rings is 4. The molecule has 0 saturated heterocycles. The van der Waals surface area contributed by atoms with Crippen LogP contribution in [-0.4, -0.2) is 16.5 Å². The highest BCUT2D eigenvalue weighted by atomic mass is 32.1. The minimum Gasteiger partial charge on any atom is -0.494 e. The maximum absolute atomic E-state index is 12.0. The zero-order valence-corrected chi connectivity index (χ0v) is 17.6. The maximum Gasteiger partial charge on any atom is 0.277 e. The van der Waals surface area contributed by atoms with Gasteiger partial charge < -0.3 is 4.74 Å². The summed E-state index contributed by atoms with van der Waals surface area (Å²) >= 11 is 1.51. The number of thiazole rings is 1. The molecule has 0 amide bonds. The van der Waals surface area contributed by atoms with Crippen molar-refractivity contribution in [3.63, 3.8) is 0 Å². The van der Waals surface area contributed by atoms with Gasteiger partial charge in [-0.2, -0.15) is 0 Å². The fourth-order valence-electron chi connectivity index (χ4n) is 3.87. The molecule has 6 heteroatoms. The van der Waals surface area contributed by atoms with Crippen molar-refractivity contribution in [2.45, 2.75) is 6.92 Å². The molecule has 31 heavy (non-hydrogen) atoms. The molecule has 0 radical (unpaired) electrons. The van der Waals surface area contributed by atoms with Crippen LogP contribution in [0.5, 0.6) is 5.75 Å². The van der Waals surface area contributed by atoms with Gasteiger partial charge in [-0.25, -0.2) is 4.98 Å². The summed E-state index contributed by atoms with van der Waals surface area (Å²) < 4.78 is 6.59. The molecule has 0 bridgehead atoms. The predicted octanol–water partition coefficient (Wildman–Crippen LogP) is 7.09. The Balaban J connectivity index is 1.78. The third kappa shape index (κ3) is 3.41. The van der Waals surface area contributed by atoms with Crippen LogP contribution in [0.1, 0.15) is 6.92 Å². The summed E-state index contributed by atoms with van der Waals surface area (Å²) in [5, 5.41) is 14.7. The average Bonchev–Trinajstić information content (AvgIpc) is 3.22. The second kappa shape index (κ2) is 7.81. The number of ether oxygens (including phenoxy) is 1. The van der Waals surface area contributed by atoms with E-state index in [4.69, 9.17) is 9.72 Å². The largest absolute Gasteiger partial charge is 0.494 e. The topological polar surface area (TPSA) is 65.3 Å². The van der Waals surface area contributed by atoms with Gasteiger partial charge >= 0.3 is 0 Å². The highest BCUT2D eigenvalue weighted by molar-refractivity contribution is 7.21. The average molecular weight is 426 g/mol. The summed E-state index contributed by atoms with van der Waals surface area (Å²) in [6.07, 6.45) is 0. The summed E-state index contributed by atoms with van der Waals surface area (Å²) in [6.45, 7) is 2.54. The first-order valence-electron chi connectivity index (χ1n) is 9.95. The molecular formula is C25H18N2O3S. The zero-order chi connectivity index (χ0) is 21.4. The Hall–Kier alpha value is -3.77. The van der Waals surface area contributed by atoms with Gasteiger partial charge in [-0.3, -0.25) is 10.1 Å². The van der Waals surface area contributed by atoms with E-state index in [2.05, 4.69) is 0 Å². The van der Waals surface area contributed by atoms with Crippen LogP contribution in [0.15, 0.2) is 78.9 Å². The molecule has 5 nitrogen and oxygen atoms in total. The van der Waals surface area contributed by atoms with Gasteiger partial charge in [0.2, 0.25) is 0 Å². The van der Waals surface area contributed by atoms with Crippen LogP contribution in [0.4, 0.5) is 5.69 Å². The number of rotatable bonds is 5. The minimum absolute atomic E-state index is 0.0723. The summed E-state index contributed by atoms with van der Waals surface area (Å²) in [6, 6.07) is 24.8. The van der Waals surface area contributed by atoms with Crippen LogP contribution in [0, 0.1) is 10.1 Å². The monoisotopic (exact) mass is 426 g/mol. The Kier molecular flexibility index (Phi) is 4.84. The van der Waals surface area contributed by atoms with Gasteiger partial charge in [-0.1, -0.05) is 54.6 Å². The van der Waals surface area contributed by atoms with E-state index in [1.165, 1.54) is 11.3 Å². The van der Waals surface area contributed by atoms with Crippen molar-refractivity contribution >= 4 is 38.0 Å². The summed E-state index contributed by atoms with van der Waals surface area (Å²) in [5.41, 5.74) is 3.09. The van der Waals surface area contributed by atoms with E-state index in [1.807, 2.05) is 73.7 Å². The molecule has 0 N–H and O–H groups in total. The fraction of sp³-hybridized carbons (Fsp3) is 0.0800. The molecule has 0 aliphatic rings. The highest BCUT2D eigenvalue weighted by Crippen LogP contribution is 2.44. The van der Waals surface area contributed by atoms with Crippen LogP contribution in [-0.2, 0) is 0 Å². The van der Waals surface area contributed by atoms with Crippen LogP contribution >= 0.6 is 11.3 Å². The van der Waals surface area contributed by atoms with Crippen LogP contribution in [0.25, 0.3) is 42.7 Å². The third-order valence-corrected chi connectivity index (χ3v) is 6.25. The lowest BCUT2D eigenvalue weighted by atomic mass is 9.93. The summed E-state index contributed by atoms with van der Waals surface area (Å²) in [7, 11) is 0. The maximum atomic E-state index is 12.0. The third-order valence-electron chi connectivity index (χ3n) is 5.20. The zero-order valence-electron chi connectivity index (χ0n) is 16.7. The first-order chi connectivity index (χ1) is 15.2. The number of aromatic nitrogens is 1. The number of nitro benzene ring substituents is 1. The molecule has 0 atom stereocenters. The molecule has 5 aromatic rings. The van der Waals surface area contributed by atoms with Crippen molar-refractivity contribution in [2.75, 3.05) is 6.61 Å². The Morgan fingerprint density at radius 3 is 2.58 bits per heavy atom.